The first-order valence-corrected chi connectivity index (χ1v) is 4.91. The first kappa shape index (κ1) is 7.56. The molecule has 2 aliphatic rings. The van der Waals surface area contributed by atoms with Crippen LogP contribution in [0.3, 0.4) is 0 Å². The molecule has 0 bridgehead atoms. The fourth-order valence-corrected chi connectivity index (χ4v) is 2.37. The lowest BCUT2D eigenvalue weighted by molar-refractivity contribution is 0.313. The highest BCUT2D eigenvalue weighted by atomic mass is 15.1. The van der Waals surface area contributed by atoms with Gasteiger partial charge >= 0.3 is 0 Å². The molecule has 0 spiro atoms. The van der Waals surface area contributed by atoms with Crippen molar-refractivity contribution < 1.29 is 0 Å². The van der Waals surface area contributed by atoms with Gasteiger partial charge in [0.25, 0.3) is 0 Å². The van der Waals surface area contributed by atoms with E-state index >= 15 is 0 Å². The quantitative estimate of drug-likeness (QED) is 0.582. The Morgan fingerprint density at radius 3 is 2.45 bits per heavy atom. The smallest absolute Gasteiger partial charge is 0.0221 e. The zero-order valence-corrected chi connectivity index (χ0v) is 7.10. The molecule has 1 saturated carbocycles. The summed E-state index contributed by atoms with van der Waals surface area (Å²) in [6.07, 6.45) is 5.84. The van der Waals surface area contributed by atoms with Gasteiger partial charge in [0.2, 0.25) is 0 Å². The maximum atomic E-state index is 3.60. The Kier molecular flexibility index (Phi) is 2.44. The summed E-state index contributed by atoms with van der Waals surface area (Å²) in [6.45, 7) is 3.52. The van der Waals surface area contributed by atoms with Gasteiger partial charge in [-0.05, 0) is 18.8 Å². The van der Waals surface area contributed by atoms with Crippen LogP contribution in [0.25, 0.3) is 0 Å². The van der Waals surface area contributed by atoms with Crippen LogP contribution in [-0.2, 0) is 0 Å². The van der Waals surface area contributed by atoms with Crippen molar-refractivity contribution in [2.24, 2.45) is 5.92 Å². The molecule has 2 fully saturated rings. The number of nitrogens with one attached hydrogen (secondary N) is 2. The zero-order valence-electron chi connectivity index (χ0n) is 7.10. The van der Waals surface area contributed by atoms with E-state index in [1.165, 1.54) is 38.8 Å². The van der Waals surface area contributed by atoms with Crippen molar-refractivity contribution in [2.75, 3.05) is 19.6 Å². The third kappa shape index (κ3) is 1.74. The van der Waals surface area contributed by atoms with Gasteiger partial charge in [0, 0.05) is 25.7 Å². The molecule has 1 aliphatic heterocycles. The normalized spacial score (nSPS) is 34.4. The van der Waals surface area contributed by atoms with E-state index in [1.54, 1.807) is 0 Å². The van der Waals surface area contributed by atoms with Gasteiger partial charge in [-0.25, -0.2) is 0 Å². The Balaban J connectivity index is 1.82. The summed E-state index contributed by atoms with van der Waals surface area (Å²) in [5, 5.41) is 7.05. The van der Waals surface area contributed by atoms with Gasteiger partial charge in [-0.3, -0.25) is 0 Å². The van der Waals surface area contributed by atoms with Crippen LogP contribution in [0.5, 0.6) is 0 Å². The monoisotopic (exact) mass is 154 g/mol. The second-order valence-electron chi connectivity index (χ2n) is 3.81. The van der Waals surface area contributed by atoms with Gasteiger partial charge in [0.15, 0.2) is 0 Å². The molecule has 1 saturated heterocycles. The van der Waals surface area contributed by atoms with Gasteiger partial charge in [-0.2, -0.15) is 0 Å². The van der Waals surface area contributed by atoms with Crippen LogP contribution in [0, 0.1) is 5.92 Å². The van der Waals surface area contributed by atoms with Crippen LogP contribution in [0.2, 0.25) is 0 Å². The second-order valence-corrected chi connectivity index (χ2v) is 3.81. The average molecular weight is 154 g/mol. The molecule has 0 unspecified atom stereocenters. The maximum Gasteiger partial charge on any atom is 0.0221 e. The molecule has 2 heteroatoms. The standard InChI is InChI=1S/C9H18N2/c1-2-4-8(3-1)9-7-10-5-6-11-9/h8-11H,1-7H2/t9-/m0/s1. The van der Waals surface area contributed by atoms with Crippen molar-refractivity contribution in [3.63, 3.8) is 0 Å². The molecular weight excluding hydrogens is 136 g/mol. The van der Waals surface area contributed by atoms with Crippen molar-refractivity contribution in [1.82, 2.24) is 10.6 Å². The van der Waals surface area contributed by atoms with E-state index in [0.29, 0.717) is 0 Å². The molecule has 2 rings (SSSR count). The molecule has 2 nitrogen and oxygen atoms in total. The number of piperazine rings is 1. The first-order chi connectivity index (χ1) is 5.47. The highest BCUT2D eigenvalue weighted by Crippen LogP contribution is 2.27. The molecule has 2 N–H and O–H groups in total. The van der Waals surface area contributed by atoms with Crippen LogP contribution in [0.1, 0.15) is 25.7 Å². The molecule has 64 valence electrons. The third-order valence-electron chi connectivity index (χ3n) is 3.04. The van der Waals surface area contributed by atoms with Gasteiger partial charge < -0.3 is 10.6 Å². The lowest BCUT2D eigenvalue weighted by Crippen LogP contribution is -2.51. The SMILES string of the molecule is C1CCC([C@@H]2CNCCN2)C1. The Hall–Kier alpha value is -0.0800. The highest BCUT2D eigenvalue weighted by molar-refractivity contribution is 4.84. The summed E-state index contributed by atoms with van der Waals surface area (Å²) in [7, 11) is 0. The summed E-state index contributed by atoms with van der Waals surface area (Å²) in [6, 6.07) is 0.784. The molecule has 0 amide bonds. The zero-order chi connectivity index (χ0) is 7.52. The van der Waals surface area contributed by atoms with Crippen molar-refractivity contribution in [3.05, 3.63) is 0 Å². The topological polar surface area (TPSA) is 24.1 Å². The highest BCUT2D eigenvalue weighted by Gasteiger charge is 2.25. The van der Waals surface area contributed by atoms with Crippen LogP contribution in [-0.4, -0.2) is 25.7 Å². The van der Waals surface area contributed by atoms with Crippen molar-refractivity contribution in [2.45, 2.75) is 31.7 Å². The molecule has 1 heterocycles. The minimum atomic E-state index is 0.784. The van der Waals surface area contributed by atoms with E-state index in [4.69, 9.17) is 0 Å². The number of rotatable bonds is 1. The summed E-state index contributed by atoms with van der Waals surface area (Å²) in [5.74, 6) is 0.975. The lowest BCUT2D eigenvalue weighted by atomic mass is 9.97. The minimum absolute atomic E-state index is 0.784. The van der Waals surface area contributed by atoms with Gasteiger partial charge in [0.1, 0.15) is 0 Å². The molecular formula is C9H18N2. The fourth-order valence-electron chi connectivity index (χ4n) is 2.37. The van der Waals surface area contributed by atoms with Crippen LogP contribution in [0.4, 0.5) is 0 Å². The molecule has 0 aromatic rings. The Morgan fingerprint density at radius 2 is 1.82 bits per heavy atom. The van der Waals surface area contributed by atoms with Crippen molar-refractivity contribution in [3.8, 4) is 0 Å². The largest absolute Gasteiger partial charge is 0.314 e. The molecule has 1 atom stereocenters. The van der Waals surface area contributed by atoms with Crippen LogP contribution >= 0.6 is 0 Å². The van der Waals surface area contributed by atoms with Gasteiger partial charge in [-0.1, -0.05) is 12.8 Å². The van der Waals surface area contributed by atoms with Crippen molar-refractivity contribution in [1.29, 1.82) is 0 Å². The molecule has 11 heavy (non-hydrogen) atoms. The van der Waals surface area contributed by atoms with E-state index in [-0.39, 0.29) is 0 Å². The predicted octanol–water partition coefficient (Wildman–Crippen LogP) is 0.738. The van der Waals surface area contributed by atoms with Gasteiger partial charge in [-0.15, -0.1) is 0 Å². The van der Waals surface area contributed by atoms with E-state index in [0.717, 1.165) is 18.5 Å². The number of hydrogen-bond acceptors (Lipinski definition) is 2. The van der Waals surface area contributed by atoms with E-state index in [9.17, 15) is 0 Å². The van der Waals surface area contributed by atoms with Gasteiger partial charge in [0.05, 0.1) is 0 Å². The molecule has 0 aromatic heterocycles. The number of hydrogen-bond donors (Lipinski definition) is 2. The predicted molar refractivity (Wildman–Crippen MR) is 46.6 cm³/mol. The summed E-state index contributed by atoms with van der Waals surface area (Å²) < 4.78 is 0. The summed E-state index contributed by atoms with van der Waals surface area (Å²) in [5.41, 5.74) is 0. The molecule has 0 aromatic carbocycles. The Morgan fingerprint density at radius 1 is 1.00 bits per heavy atom. The fraction of sp³-hybridized carbons (Fsp3) is 1.00. The molecule has 0 radical (unpaired) electrons. The first-order valence-electron chi connectivity index (χ1n) is 4.91. The van der Waals surface area contributed by atoms with Crippen molar-refractivity contribution >= 4 is 0 Å². The van der Waals surface area contributed by atoms with Crippen LogP contribution < -0.4 is 10.6 Å². The summed E-state index contributed by atoms with van der Waals surface area (Å²) in [4.78, 5) is 0. The second kappa shape index (κ2) is 3.55. The Bertz CT molecular complexity index is 113. The van der Waals surface area contributed by atoms with E-state index in [1.807, 2.05) is 0 Å². The minimum Gasteiger partial charge on any atom is -0.314 e. The average Bonchev–Trinajstić information content (AvgIpc) is 2.58. The van der Waals surface area contributed by atoms with Crippen LogP contribution in [0.15, 0.2) is 0 Å². The molecule has 1 aliphatic carbocycles. The Labute approximate surface area is 68.7 Å². The maximum absolute atomic E-state index is 3.60. The van der Waals surface area contributed by atoms with E-state index < -0.39 is 0 Å². The third-order valence-corrected chi connectivity index (χ3v) is 3.04. The lowest BCUT2D eigenvalue weighted by Gasteiger charge is -2.29. The summed E-state index contributed by atoms with van der Waals surface area (Å²) >= 11 is 0. The van der Waals surface area contributed by atoms with E-state index in [2.05, 4.69) is 10.6 Å².